The molecule has 0 aliphatic carbocycles. The highest BCUT2D eigenvalue weighted by atomic mass is 32.2. The normalized spacial score (nSPS) is 16.6. The lowest BCUT2D eigenvalue weighted by Crippen LogP contribution is -2.41. The third kappa shape index (κ3) is 24.7. The summed E-state index contributed by atoms with van der Waals surface area (Å²) in [5.41, 5.74) is 10.8. The maximum Gasteiger partial charge on any atom is 0.232 e. The Kier molecular flexibility index (Phi) is 31.9. The predicted octanol–water partition coefficient (Wildman–Crippen LogP) is 1.04. The molecule has 0 aromatic rings. The maximum atomic E-state index is 12.4. The zero-order valence-corrected chi connectivity index (χ0v) is 38.9. The lowest BCUT2D eigenvalue weighted by atomic mass is 9.95. The highest BCUT2D eigenvalue weighted by Gasteiger charge is 2.36. The van der Waals surface area contributed by atoms with Gasteiger partial charge in [-0.3, -0.25) is 62.5 Å². The number of unbranched alkanes of at least 4 members (excludes halogenated alkanes) is 4. The fourth-order valence-electron chi connectivity index (χ4n) is 6.75. The minimum Gasteiger partial charge on any atom is -0.355 e. The minimum absolute atomic E-state index is 0. The number of rotatable bonds is 31. The summed E-state index contributed by atoms with van der Waals surface area (Å²) in [6.45, 7) is 6.30. The first kappa shape index (κ1) is 59.8. The van der Waals surface area contributed by atoms with Crippen molar-refractivity contribution in [3.05, 3.63) is 0 Å². The van der Waals surface area contributed by atoms with E-state index < -0.39 is 29.6 Å². The van der Waals surface area contributed by atoms with Crippen molar-refractivity contribution < 1.29 is 52.7 Å². The molecule has 2 heterocycles. The van der Waals surface area contributed by atoms with Gasteiger partial charge in [-0.05, 0) is 31.4 Å². The van der Waals surface area contributed by atoms with Gasteiger partial charge in [0.05, 0.1) is 11.8 Å². The second kappa shape index (κ2) is 34.2. The highest BCUT2D eigenvalue weighted by Crippen LogP contribution is 2.20. The van der Waals surface area contributed by atoms with Crippen molar-refractivity contribution in [2.24, 2.45) is 35.1 Å². The molecule has 4 atom stereocenters. The van der Waals surface area contributed by atoms with E-state index in [2.05, 4.69) is 33.9 Å². The highest BCUT2D eigenvalue weighted by molar-refractivity contribution is 8.13. The summed E-state index contributed by atoms with van der Waals surface area (Å²) in [6, 6.07) is 0. The van der Waals surface area contributed by atoms with Crippen LogP contribution in [0.1, 0.15) is 118 Å². The van der Waals surface area contributed by atoms with Gasteiger partial charge in [0.2, 0.25) is 47.3 Å². The van der Waals surface area contributed by atoms with Crippen LogP contribution >= 0.6 is 24.4 Å². The largest absolute Gasteiger partial charge is 0.355 e. The number of imide groups is 2. The molecule has 364 valence electrons. The summed E-state index contributed by atoms with van der Waals surface area (Å²) < 4.78 is 0. The van der Waals surface area contributed by atoms with E-state index in [9.17, 15) is 52.7 Å². The SMILES string of the molecule is C.CC(=O)SCCCCCC(=O)C[C@@H](CC(=O)NCCN1C(=O)CC(C)C1=O)C(=O)NCCN.CC1CC(=O)N(CCNC(=O)C[C@H](CC(=O)CCCCCS)C(=O)NCCN)C1=O. The summed E-state index contributed by atoms with van der Waals surface area (Å²) in [4.78, 5) is 135. The zero-order valence-electron chi connectivity index (χ0n) is 37.2. The quantitative estimate of drug-likeness (QED) is 0.0291. The molecule has 2 aliphatic heterocycles. The number of nitrogens with two attached hydrogens (primary N) is 2. The number of ketones is 2. The summed E-state index contributed by atoms with van der Waals surface area (Å²) >= 11 is 5.40. The van der Waals surface area contributed by atoms with E-state index in [1.807, 2.05) is 0 Å². The van der Waals surface area contributed by atoms with Crippen LogP contribution in [0.5, 0.6) is 0 Å². The van der Waals surface area contributed by atoms with Crippen LogP contribution in [0.15, 0.2) is 0 Å². The number of Topliss-reactive ketones (excluding diaryl/α,β-unsaturated/α-hetero) is 2. The summed E-state index contributed by atoms with van der Waals surface area (Å²) in [5, 5.41) is 10.6. The average molecular weight is 943 g/mol. The third-order valence-electron chi connectivity index (χ3n) is 10.2. The number of hydrogen-bond acceptors (Lipinski definition) is 15. The number of amides is 8. The Balaban J connectivity index is 0.00000123. The maximum absolute atomic E-state index is 12.4. The molecule has 0 saturated carbocycles. The molecular formula is C43H74N8O11S2. The second-order valence-corrected chi connectivity index (χ2v) is 17.5. The molecule has 2 unspecified atom stereocenters. The van der Waals surface area contributed by atoms with Gasteiger partial charge in [0.25, 0.3) is 0 Å². The first-order valence-corrected chi connectivity index (χ1v) is 23.5. The number of carbonyl (C=O) groups excluding carboxylic acids is 11. The van der Waals surface area contributed by atoms with Crippen LogP contribution in [-0.4, -0.2) is 138 Å². The Bertz CT molecular complexity index is 1580. The van der Waals surface area contributed by atoms with Gasteiger partial charge in [0.15, 0.2) is 5.12 Å². The van der Waals surface area contributed by atoms with Crippen LogP contribution in [0.3, 0.4) is 0 Å². The number of thiol groups is 1. The summed E-state index contributed by atoms with van der Waals surface area (Å²) in [5.74, 6) is -3.53. The zero-order chi connectivity index (χ0) is 47.3. The molecule has 64 heavy (non-hydrogen) atoms. The Morgan fingerprint density at radius 1 is 0.625 bits per heavy atom. The van der Waals surface area contributed by atoms with Crippen LogP contribution in [0.2, 0.25) is 0 Å². The predicted molar refractivity (Wildman–Crippen MR) is 247 cm³/mol. The molecule has 0 aromatic carbocycles. The van der Waals surface area contributed by atoms with Gasteiger partial charge in [-0.25, -0.2) is 0 Å². The van der Waals surface area contributed by atoms with E-state index in [1.165, 1.54) is 18.7 Å². The molecule has 2 saturated heterocycles. The number of nitrogens with zero attached hydrogens (tertiary/aromatic N) is 2. The molecule has 19 nitrogen and oxygen atoms in total. The monoisotopic (exact) mass is 942 g/mol. The van der Waals surface area contributed by atoms with E-state index in [1.54, 1.807) is 13.8 Å². The minimum atomic E-state index is -0.813. The number of hydrogen-bond donors (Lipinski definition) is 7. The Morgan fingerprint density at radius 2 is 1.03 bits per heavy atom. The standard InChI is InChI=1S/C22H36N4O6S.C20H34N4O5S.CH4/c1-15-12-20(30)26(22(15)32)10-9-24-19(29)14-17(21(31)25-8-7-23)13-18(28)6-4-3-5-11-33-16(2)27;1-14-11-18(27)24(20(14)29)9-8-22-17(26)13-15(19(28)23-7-6-21)12-16(25)5-3-2-4-10-30;/h15,17H,3-14,23H2,1-2H3,(H,24,29)(H,25,31);14-15,30H,2-13,21H2,1H3,(H,22,26)(H,23,28);1H4/t15?,17-;14?,15-;/m00./s1. The van der Waals surface area contributed by atoms with Gasteiger partial charge in [0.1, 0.15) is 11.6 Å². The van der Waals surface area contributed by atoms with Crippen molar-refractivity contribution in [2.45, 2.75) is 118 Å². The lowest BCUT2D eigenvalue weighted by Gasteiger charge is -2.17. The Hall–Kier alpha value is -4.21. The number of nitrogens with one attached hydrogen (secondary N) is 4. The van der Waals surface area contributed by atoms with Crippen LogP contribution < -0.4 is 32.7 Å². The van der Waals surface area contributed by atoms with Crippen molar-refractivity contribution in [2.75, 3.05) is 63.9 Å². The fourth-order valence-corrected chi connectivity index (χ4v) is 7.61. The van der Waals surface area contributed by atoms with Gasteiger partial charge in [-0.1, -0.05) is 45.9 Å². The number of thioether (sulfide) groups is 1. The van der Waals surface area contributed by atoms with E-state index in [-0.39, 0.29) is 156 Å². The molecule has 2 rings (SSSR count). The molecular weight excluding hydrogens is 869 g/mol. The van der Waals surface area contributed by atoms with Gasteiger partial charge >= 0.3 is 0 Å². The molecule has 0 radical (unpaired) electrons. The van der Waals surface area contributed by atoms with Crippen molar-refractivity contribution in [1.29, 1.82) is 0 Å². The molecule has 8 amide bonds. The van der Waals surface area contributed by atoms with E-state index in [0.717, 1.165) is 53.4 Å². The average Bonchev–Trinajstić information content (AvgIpc) is 3.62. The molecule has 2 aliphatic rings. The second-order valence-electron chi connectivity index (χ2n) is 15.8. The first-order valence-electron chi connectivity index (χ1n) is 21.9. The molecule has 2 fully saturated rings. The van der Waals surface area contributed by atoms with Crippen molar-refractivity contribution in [3.8, 4) is 0 Å². The van der Waals surface area contributed by atoms with Gasteiger partial charge in [0, 0.05) is 128 Å². The van der Waals surface area contributed by atoms with E-state index in [0.29, 0.717) is 19.3 Å². The third-order valence-corrected chi connectivity index (χ3v) is 11.4. The van der Waals surface area contributed by atoms with Crippen LogP contribution in [-0.2, 0) is 52.7 Å². The lowest BCUT2D eigenvalue weighted by molar-refractivity contribution is -0.140. The molecule has 0 bridgehead atoms. The Labute approximate surface area is 388 Å². The fraction of sp³-hybridized carbons (Fsp3) is 0.744. The number of likely N-dealkylation sites (tertiary alicyclic amines) is 2. The molecule has 0 aromatic heterocycles. The summed E-state index contributed by atoms with van der Waals surface area (Å²) in [7, 11) is 0. The van der Waals surface area contributed by atoms with Gasteiger partial charge in [-0.15, -0.1) is 0 Å². The topological polar surface area (TPSA) is 294 Å². The van der Waals surface area contributed by atoms with Gasteiger partial charge in [-0.2, -0.15) is 12.6 Å². The summed E-state index contributed by atoms with van der Waals surface area (Å²) in [6.07, 6.45) is 5.54. The van der Waals surface area contributed by atoms with Crippen molar-refractivity contribution in [3.63, 3.8) is 0 Å². The van der Waals surface area contributed by atoms with Crippen LogP contribution in [0.25, 0.3) is 0 Å². The molecule has 8 N–H and O–H groups in total. The molecule has 0 spiro atoms. The van der Waals surface area contributed by atoms with Crippen LogP contribution in [0.4, 0.5) is 0 Å². The molecule has 21 heteroatoms. The number of carbonyl (C=O) groups is 11. The van der Waals surface area contributed by atoms with Crippen molar-refractivity contribution >= 4 is 88.3 Å². The Morgan fingerprint density at radius 3 is 1.38 bits per heavy atom. The van der Waals surface area contributed by atoms with Crippen LogP contribution in [0, 0.1) is 23.7 Å². The van der Waals surface area contributed by atoms with E-state index >= 15 is 0 Å². The first-order chi connectivity index (χ1) is 29.9. The van der Waals surface area contributed by atoms with E-state index in [4.69, 9.17) is 11.5 Å². The van der Waals surface area contributed by atoms with Gasteiger partial charge < -0.3 is 32.7 Å². The smallest absolute Gasteiger partial charge is 0.232 e. The van der Waals surface area contributed by atoms with Crippen molar-refractivity contribution in [1.82, 2.24) is 31.1 Å².